The van der Waals surface area contributed by atoms with Gasteiger partial charge in [-0.25, -0.2) is 4.79 Å². The fourth-order valence-electron chi connectivity index (χ4n) is 2.03. The van der Waals surface area contributed by atoms with E-state index in [-0.39, 0.29) is 12.5 Å². The molecule has 2 rings (SSSR count). The minimum absolute atomic E-state index is 0.229. The highest BCUT2D eigenvalue weighted by atomic mass is 32.1. The number of thiophene rings is 1. The second-order valence-electron chi connectivity index (χ2n) is 5.42. The molecule has 0 bridgehead atoms. The molecule has 0 unspecified atom stereocenters. The van der Waals surface area contributed by atoms with Gasteiger partial charge in [-0.2, -0.15) is 0 Å². The first kappa shape index (κ1) is 18.0. The maximum absolute atomic E-state index is 11.9. The number of benzene rings is 1. The lowest BCUT2D eigenvalue weighted by molar-refractivity contribution is -0.156. The number of ether oxygens (including phenoxy) is 2. The molecule has 0 radical (unpaired) electrons. The average molecular weight is 347 g/mol. The van der Waals surface area contributed by atoms with Gasteiger partial charge in [-0.1, -0.05) is 18.2 Å². The van der Waals surface area contributed by atoms with Crippen LogP contribution in [0.3, 0.4) is 0 Å². The standard InChI is InChI=1S/C18H21NO4S/c1-12-6-4-8-16(13(12)2)22-11-17(20)23-14(3)18(21)19-10-15-7-5-9-24-15/h4-9,14H,10-11H2,1-3H3,(H,19,21)/t14-/m1/s1. The predicted molar refractivity (Wildman–Crippen MR) is 93.1 cm³/mol. The third-order valence-corrected chi connectivity index (χ3v) is 4.47. The van der Waals surface area contributed by atoms with Crippen molar-refractivity contribution in [3.05, 3.63) is 51.7 Å². The van der Waals surface area contributed by atoms with E-state index in [1.54, 1.807) is 24.3 Å². The molecule has 1 aromatic carbocycles. The summed E-state index contributed by atoms with van der Waals surface area (Å²) in [5.74, 6) is -0.264. The predicted octanol–water partition coefficient (Wildman–Crippen LogP) is 2.99. The first-order valence-corrected chi connectivity index (χ1v) is 8.54. The van der Waals surface area contributed by atoms with Crippen LogP contribution in [0.2, 0.25) is 0 Å². The summed E-state index contributed by atoms with van der Waals surface area (Å²) in [6, 6.07) is 9.48. The molecule has 1 amide bonds. The van der Waals surface area contributed by atoms with Gasteiger partial charge < -0.3 is 14.8 Å². The fraction of sp³-hybridized carbons (Fsp3) is 0.333. The Labute approximate surface area is 145 Å². The molecule has 0 spiro atoms. The molecule has 2 aromatic rings. The molecule has 0 aliphatic heterocycles. The molecule has 0 fully saturated rings. The molecule has 1 heterocycles. The van der Waals surface area contributed by atoms with Gasteiger partial charge in [0.05, 0.1) is 6.54 Å². The van der Waals surface area contributed by atoms with Gasteiger partial charge in [-0.05, 0) is 49.4 Å². The van der Waals surface area contributed by atoms with E-state index in [0.29, 0.717) is 12.3 Å². The maximum Gasteiger partial charge on any atom is 0.344 e. The van der Waals surface area contributed by atoms with Crippen molar-refractivity contribution >= 4 is 23.2 Å². The monoisotopic (exact) mass is 347 g/mol. The van der Waals surface area contributed by atoms with Crippen molar-refractivity contribution < 1.29 is 19.1 Å². The zero-order valence-corrected chi connectivity index (χ0v) is 14.8. The highest BCUT2D eigenvalue weighted by Gasteiger charge is 2.18. The van der Waals surface area contributed by atoms with Crippen LogP contribution in [-0.2, 0) is 20.9 Å². The van der Waals surface area contributed by atoms with Crippen molar-refractivity contribution in [1.82, 2.24) is 5.32 Å². The van der Waals surface area contributed by atoms with Gasteiger partial charge in [0.2, 0.25) is 0 Å². The summed E-state index contributed by atoms with van der Waals surface area (Å²) in [4.78, 5) is 24.8. The number of rotatable bonds is 7. The van der Waals surface area contributed by atoms with Crippen LogP contribution < -0.4 is 10.1 Å². The van der Waals surface area contributed by atoms with E-state index in [9.17, 15) is 9.59 Å². The lowest BCUT2D eigenvalue weighted by atomic mass is 10.1. The number of carbonyl (C=O) groups excluding carboxylic acids is 2. The Bertz CT molecular complexity index is 697. The molecule has 5 nitrogen and oxygen atoms in total. The Balaban J connectivity index is 1.76. The highest BCUT2D eigenvalue weighted by Crippen LogP contribution is 2.20. The minimum Gasteiger partial charge on any atom is -0.482 e. The van der Waals surface area contributed by atoms with Crippen LogP contribution in [0.5, 0.6) is 5.75 Å². The van der Waals surface area contributed by atoms with Gasteiger partial charge in [0.25, 0.3) is 5.91 Å². The zero-order chi connectivity index (χ0) is 17.5. The van der Waals surface area contributed by atoms with Crippen molar-refractivity contribution in [3.63, 3.8) is 0 Å². The Kier molecular flexibility index (Phi) is 6.37. The van der Waals surface area contributed by atoms with E-state index in [1.807, 2.05) is 43.5 Å². The summed E-state index contributed by atoms with van der Waals surface area (Å²) in [5.41, 5.74) is 2.06. The van der Waals surface area contributed by atoms with E-state index >= 15 is 0 Å². The summed E-state index contributed by atoms with van der Waals surface area (Å²) in [5, 5.41) is 4.67. The third kappa shape index (κ3) is 5.09. The lowest BCUT2D eigenvalue weighted by Gasteiger charge is -2.14. The van der Waals surface area contributed by atoms with Crippen molar-refractivity contribution in [3.8, 4) is 5.75 Å². The van der Waals surface area contributed by atoms with Crippen LogP contribution in [0.1, 0.15) is 22.9 Å². The molecular formula is C18H21NO4S. The quantitative estimate of drug-likeness (QED) is 0.782. The topological polar surface area (TPSA) is 64.6 Å². The second kappa shape index (κ2) is 8.49. The molecule has 128 valence electrons. The summed E-state index contributed by atoms with van der Waals surface area (Å²) in [7, 11) is 0. The normalized spacial score (nSPS) is 11.6. The van der Waals surface area contributed by atoms with E-state index in [2.05, 4.69) is 5.32 Å². The molecule has 1 atom stereocenters. The van der Waals surface area contributed by atoms with Crippen LogP contribution in [-0.4, -0.2) is 24.6 Å². The number of hydrogen-bond acceptors (Lipinski definition) is 5. The molecule has 1 N–H and O–H groups in total. The number of carbonyl (C=O) groups is 2. The smallest absolute Gasteiger partial charge is 0.344 e. The summed E-state index contributed by atoms with van der Waals surface area (Å²) in [6.45, 7) is 5.64. The van der Waals surface area contributed by atoms with Crippen LogP contribution in [0.4, 0.5) is 0 Å². The minimum atomic E-state index is -0.861. The van der Waals surface area contributed by atoms with E-state index in [0.717, 1.165) is 16.0 Å². The molecule has 6 heteroatoms. The summed E-state index contributed by atoms with van der Waals surface area (Å²) < 4.78 is 10.6. The Morgan fingerprint density at radius 2 is 2.00 bits per heavy atom. The molecule has 0 aliphatic carbocycles. The largest absolute Gasteiger partial charge is 0.482 e. The Hall–Kier alpha value is -2.34. The van der Waals surface area contributed by atoms with Crippen LogP contribution in [0.15, 0.2) is 35.7 Å². The molecule has 0 saturated heterocycles. The maximum atomic E-state index is 11.9. The molecular weight excluding hydrogens is 326 g/mol. The average Bonchev–Trinajstić information content (AvgIpc) is 3.07. The lowest BCUT2D eigenvalue weighted by Crippen LogP contribution is -2.36. The van der Waals surface area contributed by atoms with E-state index in [1.165, 1.54) is 0 Å². The second-order valence-corrected chi connectivity index (χ2v) is 6.45. The van der Waals surface area contributed by atoms with Gasteiger partial charge in [-0.3, -0.25) is 4.79 Å². The Morgan fingerprint density at radius 1 is 1.21 bits per heavy atom. The number of aryl methyl sites for hydroxylation is 1. The number of nitrogens with one attached hydrogen (secondary N) is 1. The van der Waals surface area contributed by atoms with Crippen molar-refractivity contribution in [2.45, 2.75) is 33.4 Å². The number of esters is 1. The SMILES string of the molecule is Cc1cccc(OCC(=O)O[C@H](C)C(=O)NCc2cccs2)c1C. The first-order chi connectivity index (χ1) is 11.5. The van der Waals surface area contributed by atoms with Crippen molar-refractivity contribution in [2.24, 2.45) is 0 Å². The van der Waals surface area contributed by atoms with Gasteiger partial charge in [-0.15, -0.1) is 11.3 Å². The summed E-state index contributed by atoms with van der Waals surface area (Å²) >= 11 is 1.56. The molecule has 1 aromatic heterocycles. The number of amides is 1. The van der Waals surface area contributed by atoms with E-state index in [4.69, 9.17) is 9.47 Å². The summed E-state index contributed by atoms with van der Waals surface area (Å²) in [6.07, 6.45) is -0.861. The Morgan fingerprint density at radius 3 is 2.71 bits per heavy atom. The van der Waals surface area contributed by atoms with Crippen LogP contribution >= 0.6 is 11.3 Å². The first-order valence-electron chi connectivity index (χ1n) is 7.66. The zero-order valence-electron chi connectivity index (χ0n) is 14.0. The highest BCUT2D eigenvalue weighted by molar-refractivity contribution is 7.09. The van der Waals surface area contributed by atoms with Crippen molar-refractivity contribution in [2.75, 3.05) is 6.61 Å². The van der Waals surface area contributed by atoms with Crippen LogP contribution in [0.25, 0.3) is 0 Å². The molecule has 24 heavy (non-hydrogen) atoms. The van der Waals surface area contributed by atoms with Gasteiger partial charge in [0.1, 0.15) is 5.75 Å². The molecule has 0 saturated carbocycles. The molecule has 0 aliphatic rings. The van der Waals surface area contributed by atoms with Crippen molar-refractivity contribution in [1.29, 1.82) is 0 Å². The number of hydrogen-bond donors (Lipinski definition) is 1. The van der Waals surface area contributed by atoms with Gasteiger partial charge in [0, 0.05) is 4.88 Å². The third-order valence-electron chi connectivity index (χ3n) is 3.59. The van der Waals surface area contributed by atoms with Crippen LogP contribution in [0, 0.1) is 13.8 Å². The van der Waals surface area contributed by atoms with Gasteiger partial charge in [0.15, 0.2) is 12.7 Å². The van der Waals surface area contributed by atoms with E-state index < -0.39 is 12.1 Å². The van der Waals surface area contributed by atoms with Gasteiger partial charge >= 0.3 is 5.97 Å². The fourth-order valence-corrected chi connectivity index (χ4v) is 2.68.